The van der Waals surface area contributed by atoms with Crippen LogP contribution in [0.15, 0.2) is 30.3 Å². The van der Waals surface area contributed by atoms with E-state index in [1.165, 1.54) is 50.5 Å². The predicted molar refractivity (Wildman–Crippen MR) is 73.8 cm³/mol. The van der Waals surface area contributed by atoms with E-state index in [1.807, 2.05) is 0 Å². The highest BCUT2D eigenvalue weighted by molar-refractivity contribution is 5.18. The van der Waals surface area contributed by atoms with Crippen molar-refractivity contribution in [2.45, 2.75) is 57.4 Å². The summed E-state index contributed by atoms with van der Waals surface area (Å²) in [5.74, 6) is 0.937. The van der Waals surface area contributed by atoms with Gasteiger partial charge in [0.2, 0.25) is 0 Å². The zero-order valence-corrected chi connectivity index (χ0v) is 10.8. The van der Waals surface area contributed by atoms with Crippen LogP contribution in [0.5, 0.6) is 0 Å². The Hall–Kier alpha value is -0.820. The number of benzene rings is 1. The van der Waals surface area contributed by atoms with Gasteiger partial charge in [0.25, 0.3) is 0 Å². The fraction of sp³-hybridized carbons (Fsp3) is 0.625. The van der Waals surface area contributed by atoms with Crippen LogP contribution in [0.1, 0.15) is 63.0 Å². The molecule has 0 aliphatic heterocycles. The zero-order chi connectivity index (χ0) is 11.9. The Bertz CT molecular complexity index is 299. The Balaban J connectivity index is 1.77. The summed E-state index contributed by atoms with van der Waals surface area (Å²) in [6.07, 6.45) is 11.1. The van der Waals surface area contributed by atoms with E-state index >= 15 is 0 Å². The third-order valence-electron chi connectivity index (χ3n) is 4.09. The van der Waals surface area contributed by atoms with E-state index in [2.05, 4.69) is 30.3 Å². The van der Waals surface area contributed by atoms with Crippen molar-refractivity contribution in [3.63, 3.8) is 0 Å². The molecule has 0 amide bonds. The molecule has 2 rings (SSSR count). The van der Waals surface area contributed by atoms with Crippen LogP contribution >= 0.6 is 0 Å². The highest BCUT2D eigenvalue weighted by Crippen LogP contribution is 2.28. The topological polar surface area (TPSA) is 26.0 Å². The van der Waals surface area contributed by atoms with Gasteiger partial charge >= 0.3 is 0 Å². The number of rotatable bonds is 4. The molecule has 0 aromatic heterocycles. The first-order chi connectivity index (χ1) is 8.36. The first kappa shape index (κ1) is 12.6. The molecule has 0 spiro atoms. The minimum Gasteiger partial charge on any atom is -0.324 e. The van der Waals surface area contributed by atoms with Crippen LogP contribution in [-0.2, 0) is 0 Å². The maximum absolute atomic E-state index is 6.25. The van der Waals surface area contributed by atoms with Crippen LogP contribution in [0.25, 0.3) is 0 Å². The second kappa shape index (κ2) is 6.80. The van der Waals surface area contributed by atoms with E-state index < -0.39 is 0 Å². The fourth-order valence-corrected chi connectivity index (χ4v) is 2.93. The first-order valence-corrected chi connectivity index (χ1v) is 7.17. The minimum atomic E-state index is 0.236. The van der Waals surface area contributed by atoms with Crippen LogP contribution in [0.2, 0.25) is 0 Å². The Morgan fingerprint density at radius 2 is 1.65 bits per heavy atom. The summed E-state index contributed by atoms with van der Waals surface area (Å²) in [5.41, 5.74) is 7.54. The monoisotopic (exact) mass is 231 g/mol. The molecule has 0 heterocycles. The molecule has 0 saturated heterocycles. The lowest BCUT2D eigenvalue weighted by atomic mass is 9.91. The van der Waals surface area contributed by atoms with Crippen LogP contribution in [0.3, 0.4) is 0 Å². The number of hydrogen-bond donors (Lipinski definition) is 1. The third kappa shape index (κ3) is 4.16. The molecule has 1 nitrogen and oxygen atoms in total. The van der Waals surface area contributed by atoms with Crippen molar-refractivity contribution in [1.82, 2.24) is 0 Å². The molecule has 1 unspecified atom stereocenters. The average Bonchev–Trinajstić information content (AvgIpc) is 2.65. The van der Waals surface area contributed by atoms with Gasteiger partial charge in [-0.05, 0) is 24.3 Å². The molecule has 1 heteroatoms. The lowest BCUT2D eigenvalue weighted by Gasteiger charge is -2.17. The molecule has 1 aliphatic carbocycles. The van der Waals surface area contributed by atoms with Gasteiger partial charge in [-0.15, -0.1) is 0 Å². The maximum atomic E-state index is 6.25. The first-order valence-electron chi connectivity index (χ1n) is 7.17. The highest BCUT2D eigenvalue weighted by Gasteiger charge is 2.14. The van der Waals surface area contributed by atoms with Crippen molar-refractivity contribution >= 4 is 0 Å². The summed E-state index contributed by atoms with van der Waals surface area (Å²) in [7, 11) is 0. The predicted octanol–water partition coefficient (Wildman–Crippen LogP) is 4.44. The fourth-order valence-electron chi connectivity index (χ4n) is 2.93. The van der Waals surface area contributed by atoms with E-state index in [9.17, 15) is 0 Å². The van der Waals surface area contributed by atoms with Gasteiger partial charge in [0.05, 0.1) is 0 Å². The van der Waals surface area contributed by atoms with Crippen LogP contribution in [-0.4, -0.2) is 0 Å². The Morgan fingerprint density at radius 1 is 1.00 bits per heavy atom. The van der Waals surface area contributed by atoms with E-state index in [1.54, 1.807) is 0 Å². The quantitative estimate of drug-likeness (QED) is 0.762. The van der Waals surface area contributed by atoms with Gasteiger partial charge in [-0.3, -0.25) is 0 Å². The van der Waals surface area contributed by atoms with Crippen LogP contribution in [0, 0.1) is 5.92 Å². The molecular formula is C16H25N. The van der Waals surface area contributed by atoms with Crippen molar-refractivity contribution in [2.24, 2.45) is 11.7 Å². The maximum Gasteiger partial charge on any atom is 0.0294 e. The summed E-state index contributed by atoms with van der Waals surface area (Å²) in [5, 5.41) is 0. The third-order valence-corrected chi connectivity index (χ3v) is 4.09. The van der Waals surface area contributed by atoms with Gasteiger partial charge in [-0.2, -0.15) is 0 Å². The van der Waals surface area contributed by atoms with Gasteiger partial charge in [0.1, 0.15) is 0 Å². The summed E-state index contributed by atoms with van der Waals surface area (Å²) < 4.78 is 0. The molecule has 2 N–H and O–H groups in total. The van der Waals surface area contributed by atoms with Crippen molar-refractivity contribution in [2.75, 3.05) is 0 Å². The van der Waals surface area contributed by atoms with Crippen molar-refractivity contribution in [1.29, 1.82) is 0 Å². The van der Waals surface area contributed by atoms with Gasteiger partial charge < -0.3 is 5.73 Å². The normalized spacial score (nSPS) is 19.8. The Labute approximate surface area is 105 Å². The Kier molecular flexibility index (Phi) is 5.06. The molecular weight excluding hydrogens is 206 g/mol. The second-order valence-electron chi connectivity index (χ2n) is 5.45. The molecule has 1 aromatic rings. The Morgan fingerprint density at radius 3 is 2.29 bits per heavy atom. The van der Waals surface area contributed by atoms with Gasteiger partial charge in [-0.1, -0.05) is 68.9 Å². The molecule has 1 aromatic carbocycles. The highest BCUT2D eigenvalue weighted by atomic mass is 14.6. The van der Waals surface area contributed by atoms with E-state index in [0.717, 1.165) is 12.3 Å². The molecule has 1 fully saturated rings. The van der Waals surface area contributed by atoms with Crippen LogP contribution < -0.4 is 5.73 Å². The lowest BCUT2D eigenvalue weighted by Crippen LogP contribution is -2.12. The second-order valence-corrected chi connectivity index (χ2v) is 5.45. The molecule has 1 saturated carbocycles. The SMILES string of the molecule is NC(CCC1CCCCCC1)c1ccccc1. The number of nitrogens with two attached hydrogens (primary N) is 1. The molecule has 0 bridgehead atoms. The molecule has 1 aliphatic rings. The van der Waals surface area contributed by atoms with Gasteiger partial charge in [0, 0.05) is 6.04 Å². The van der Waals surface area contributed by atoms with Crippen molar-refractivity contribution in [3.8, 4) is 0 Å². The molecule has 94 valence electrons. The van der Waals surface area contributed by atoms with Crippen molar-refractivity contribution < 1.29 is 0 Å². The van der Waals surface area contributed by atoms with Gasteiger partial charge in [0.15, 0.2) is 0 Å². The zero-order valence-electron chi connectivity index (χ0n) is 10.8. The average molecular weight is 231 g/mol. The standard InChI is InChI=1S/C16H25N/c17-16(15-10-6-3-7-11-15)13-12-14-8-4-1-2-5-9-14/h3,6-7,10-11,14,16H,1-2,4-5,8-9,12-13,17H2. The largest absolute Gasteiger partial charge is 0.324 e. The van der Waals surface area contributed by atoms with E-state index in [-0.39, 0.29) is 6.04 Å². The van der Waals surface area contributed by atoms with E-state index in [0.29, 0.717) is 0 Å². The van der Waals surface area contributed by atoms with E-state index in [4.69, 9.17) is 5.73 Å². The summed E-state index contributed by atoms with van der Waals surface area (Å²) >= 11 is 0. The smallest absolute Gasteiger partial charge is 0.0294 e. The minimum absolute atomic E-state index is 0.236. The molecule has 1 atom stereocenters. The number of hydrogen-bond acceptors (Lipinski definition) is 1. The van der Waals surface area contributed by atoms with Gasteiger partial charge in [-0.25, -0.2) is 0 Å². The lowest BCUT2D eigenvalue weighted by molar-refractivity contribution is 0.398. The molecule has 17 heavy (non-hydrogen) atoms. The molecule has 0 radical (unpaired) electrons. The summed E-state index contributed by atoms with van der Waals surface area (Å²) in [6, 6.07) is 10.8. The van der Waals surface area contributed by atoms with Crippen molar-refractivity contribution in [3.05, 3.63) is 35.9 Å². The summed E-state index contributed by atoms with van der Waals surface area (Å²) in [6.45, 7) is 0. The van der Waals surface area contributed by atoms with Crippen LogP contribution in [0.4, 0.5) is 0 Å². The summed E-state index contributed by atoms with van der Waals surface area (Å²) in [4.78, 5) is 0.